The van der Waals surface area contributed by atoms with E-state index in [1.165, 1.54) is 6.08 Å². The summed E-state index contributed by atoms with van der Waals surface area (Å²) < 4.78 is 10.4. The third kappa shape index (κ3) is 5.39. The smallest absolute Gasteiger partial charge is 0.251 e. The number of nitrogens with one attached hydrogen (secondary N) is 1. The van der Waals surface area contributed by atoms with Gasteiger partial charge in [-0.2, -0.15) is 0 Å². The maximum atomic E-state index is 12.5. The van der Waals surface area contributed by atoms with Crippen LogP contribution in [0.1, 0.15) is 22.3 Å². The third-order valence-corrected chi connectivity index (χ3v) is 4.08. The molecule has 2 rings (SSSR count). The number of carbonyl (C=O) groups excluding carboxylic acids is 2. The molecule has 0 saturated heterocycles. The molecule has 142 valence electrons. The normalized spacial score (nSPS) is 13.2. The van der Waals surface area contributed by atoms with Gasteiger partial charge in [0.05, 0.1) is 33.0 Å². The summed E-state index contributed by atoms with van der Waals surface area (Å²) >= 11 is 0. The Labute approximate surface area is 153 Å². The van der Waals surface area contributed by atoms with Gasteiger partial charge in [-0.1, -0.05) is 12.6 Å². The van der Waals surface area contributed by atoms with Gasteiger partial charge in [0.1, 0.15) is 0 Å². The highest BCUT2D eigenvalue weighted by atomic mass is 16.5. The van der Waals surface area contributed by atoms with Crippen molar-refractivity contribution in [2.45, 2.75) is 12.8 Å². The standard InChI is InChI=1S/C19H26N2O5/c1-2-18(23)21-9-4-6-15-16(5-3-7-17(15)21)19(24)20-8-11-25-13-14-26-12-10-22/h2-3,5,7,22H,1,4,6,8-14H2,(H,20,24). The Morgan fingerprint density at radius 1 is 1.23 bits per heavy atom. The molecule has 0 spiro atoms. The van der Waals surface area contributed by atoms with E-state index in [2.05, 4.69) is 11.9 Å². The molecule has 0 aromatic heterocycles. The van der Waals surface area contributed by atoms with Gasteiger partial charge < -0.3 is 24.8 Å². The number of fused-ring (bicyclic) bond motifs is 1. The summed E-state index contributed by atoms with van der Waals surface area (Å²) in [6.07, 6.45) is 2.87. The highest BCUT2D eigenvalue weighted by molar-refractivity contribution is 6.04. The average molecular weight is 362 g/mol. The van der Waals surface area contributed by atoms with Gasteiger partial charge >= 0.3 is 0 Å². The summed E-state index contributed by atoms with van der Waals surface area (Å²) in [6.45, 7) is 6.05. The first-order valence-corrected chi connectivity index (χ1v) is 8.79. The molecule has 1 aromatic carbocycles. The molecule has 1 aliphatic rings. The maximum absolute atomic E-state index is 12.5. The van der Waals surface area contributed by atoms with Crippen LogP contribution >= 0.6 is 0 Å². The van der Waals surface area contributed by atoms with Gasteiger partial charge in [-0.05, 0) is 36.6 Å². The Morgan fingerprint density at radius 3 is 2.73 bits per heavy atom. The van der Waals surface area contributed by atoms with Gasteiger partial charge in [-0.25, -0.2) is 0 Å². The van der Waals surface area contributed by atoms with Crippen molar-refractivity contribution >= 4 is 17.5 Å². The molecule has 0 saturated carbocycles. The minimum absolute atomic E-state index is 0.00667. The Bertz CT molecular complexity index is 632. The second-order valence-electron chi connectivity index (χ2n) is 5.81. The molecule has 0 fully saturated rings. The van der Waals surface area contributed by atoms with Crippen molar-refractivity contribution in [1.29, 1.82) is 0 Å². The second-order valence-corrected chi connectivity index (χ2v) is 5.81. The van der Waals surface area contributed by atoms with E-state index in [-0.39, 0.29) is 18.4 Å². The van der Waals surface area contributed by atoms with Crippen molar-refractivity contribution in [1.82, 2.24) is 5.32 Å². The Kier molecular flexibility index (Phi) is 8.27. The molecular weight excluding hydrogens is 336 g/mol. The summed E-state index contributed by atoms with van der Waals surface area (Å²) in [4.78, 5) is 26.2. The molecule has 1 heterocycles. The van der Waals surface area contributed by atoms with Gasteiger partial charge in [0.15, 0.2) is 0 Å². The van der Waals surface area contributed by atoms with Crippen molar-refractivity contribution in [2.75, 3.05) is 51.0 Å². The second kappa shape index (κ2) is 10.7. The molecule has 0 bridgehead atoms. The molecule has 1 aliphatic heterocycles. The van der Waals surface area contributed by atoms with E-state index in [4.69, 9.17) is 14.6 Å². The lowest BCUT2D eigenvalue weighted by Crippen LogP contribution is -2.36. The average Bonchev–Trinajstić information content (AvgIpc) is 2.68. The molecule has 0 radical (unpaired) electrons. The van der Waals surface area contributed by atoms with Crippen LogP contribution in [0.5, 0.6) is 0 Å². The molecule has 7 heteroatoms. The van der Waals surface area contributed by atoms with E-state index in [1.54, 1.807) is 17.0 Å². The van der Waals surface area contributed by atoms with Crippen LogP contribution in [-0.2, 0) is 20.7 Å². The first kappa shape index (κ1) is 20.1. The third-order valence-electron chi connectivity index (χ3n) is 4.08. The summed E-state index contributed by atoms with van der Waals surface area (Å²) in [6, 6.07) is 5.43. The summed E-state index contributed by atoms with van der Waals surface area (Å²) in [5, 5.41) is 11.4. The Hall–Kier alpha value is -2.22. The number of amides is 2. The van der Waals surface area contributed by atoms with Crippen LogP contribution < -0.4 is 10.2 Å². The number of aliphatic hydroxyl groups excluding tert-OH is 1. The first-order chi connectivity index (χ1) is 12.7. The summed E-state index contributed by atoms with van der Waals surface area (Å²) in [5.41, 5.74) is 2.27. The van der Waals surface area contributed by atoms with Gasteiger partial charge in [-0.15, -0.1) is 0 Å². The Morgan fingerprint density at radius 2 is 2.00 bits per heavy atom. The molecule has 2 amide bonds. The van der Waals surface area contributed by atoms with Gasteiger partial charge in [0.2, 0.25) is 5.91 Å². The van der Waals surface area contributed by atoms with E-state index >= 15 is 0 Å². The summed E-state index contributed by atoms with van der Waals surface area (Å²) in [7, 11) is 0. The fourth-order valence-electron chi connectivity index (χ4n) is 2.89. The summed E-state index contributed by atoms with van der Waals surface area (Å²) in [5.74, 6) is -0.324. The van der Waals surface area contributed by atoms with Crippen LogP contribution in [-0.4, -0.2) is 63.0 Å². The van der Waals surface area contributed by atoms with Crippen LogP contribution in [0, 0.1) is 0 Å². The maximum Gasteiger partial charge on any atom is 0.251 e. The van der Waals surface area contributed by atoms with E-state index in [0.29, 0.717) is 45.1 Å². The zero-order valence-electron chi connectivity index (χ0n) is 14.9. The van der Waals surface area contributed by atoms with E-state index < -0.39 is 0 Å². The number of rotatable bonds is 10. The number of benzene rings is 1. The molecule has 26 heavy (non-hydrogen) atoms. The number of nitrogens with zero attached hydrogens (tertiary/aromatic N) is 1. The lowest BCUT2D eigenvalue weighted by atomic mass is 9.95. The van der Waals surface area contributed by atoms with E-state index in [1.807, 2.05) is 6.07 Å². The van der Waals surface area contributed by atoms with E-state index in [0.717, 1.165) is 24.1 Å². The fraction of sp³-hybridized carbons (Fsp3) is 0.474. The minimum atomic E-state index is -0.171. The van der Waals surface area contributed by atoms with Crippen LogP contribution in [0.15, 0.2) is 30.9 Å². The molecule has 7 nitrogen and oxygen atoms in total. The number of hydrogen-bond donors (Lipinski definition) is 2. The fourth-order valence-corrected chi connectivity index (χ4v) is 2.89. The minimum Gasteiger partial charge on any atom is -0.394 e. The van der Waals surface area contributed by atoms with Crippen LogP contribution in [0.4, 0.5) is 5.69 Å². The highest BCUT2D eigenvalue weighted by Crippen LogP contribution is 2.30. The van der Waals surface area contributed by atoms with Crippen molar-refractivity contribution in [3.05, 3.63) is 42.0 Å². The quantitative estimate of drug-likeness (QED) is 0.477. The van der Waals surface area contributed by atoms with Gasteiger partial charge in [-0.3, -0.25) is 9.59 Å². The van der Waals surface area contributed by atoms with Gasteiger partial charge in [0.25, 0.3) is 5.91 Å². The predicted octanol–water partition coefficient (Wildman–Crippen LogP) is 0.907. The predicted molar refractivity (Wildman–Crippen MR) is 98.4 cm³/mol. The Balaban J connectivity index is 1.88. The first-order valence-electron chi connectivity index (χ1n) is 8.79. The molecule has 0 aliphatic carbocycles. The molecular formula is C19H26N2O5. The molecule has 0 unspecified atom stereocenters. The lowest BCUT2D eigenvalue weighted by Gasteiger charge is -2.29. The molecule has 0 atom stereocenters. The zero-order valence-corrected chi connectivity index (χ0v) is 14.9. The zero-order chi connectivity index (χ0) is 18.8. The largest absolute Gasteiger partial charge is 0.394 e. The van der Waals surface area contributed by atoms with Gasteiger partial charge in [0, 0.05) is 24.3 Å². The number of hydrogen-bond acceptors (Lipinski definition) is 5. The topological polar surface area (TPSA) is 88.1 Å². The SMILES string of the molecule is C=CC(=O)N1CCCc2c(C(=O)NCCOCCOCCO)cccc21. The van der Waals surface area contributed by atoms with Crippen molar-refractivity contribution < 1.29 is 24.2 Å². The lowest BCUT2D eigenvalue weighted by molar-refractivity contribution is -0.114. The molecule has 1 aromatic rings. The van der Waals surface area contributed by atoms with Crippen LogP contribution in [0.25, 0.3) is 0 Å². The van der Waals surface area contributed by atoms with Crippen molar-refractivity contribution in [2.24, 2.45) is 0 Å². The number of ether oxygens (including phenoxy) is 2. The highest BCUT2D eigenvalue weighted by Gasteiger charge is 2.24. The number of aliphatic hydroxyl groups is 1. The molecule has 2 N–H and O–H groups in total. The van der Waals surface area contributed by atoms with Crippen molar-refractivity contribution in [3.8, 4) is 0 Å². The monoisotopic (exact) mass is 362 g/mol. The number of carbonyl (C=O) groups is 2. The van der Waals surface area contributed by atoms with Crippen LogP contribution in [0.2, 0.25) is 0 Å². The number of anilines is 1. The van der Waals surface area contributed by atoms with Crippen molar-refractivity contribution in [3.63, 3.8) is 0 Å². The van der Waals surface area contributed by atoms with E-state index in [9.17, 15) is 9.59 Å². The van der Waals surface area contributed by atoms with Crippen LogP contribution in [0.3, 0.4) is 0 Å².